The zero-order chi connectivity index (χ0) is 16.8. The van der Waals surface area contributed by atoms with Gasteiger partial charge in [0.1, 0.15) is 12.7 Å². The third kappa shape index (κ3) is 6.42. The maximum atomic E-state index is 11.6. The van der Waals surface area contributed by atoms with E-state index in [2.05, 4.69) is 10.1 Å². The van der Waals surface area contributed by atoms with Crippen LogP contribution in [0.15, 0.2) is 0 Å². The molecule has 0 aliphatic carbocycles. The van der Waals surface area contributed by atoms with Crippen molar-refractivity contribution >= 4 is 64.5 Å². The van der Waals surface area contributed by atoms with Crippen molar-refractivity contribution in [3.05, 3.63) is 0 Å². The van der Waals surface area contributed by atoms with Gasteiger partial charge >= 0.3 is 6.16 Å². The number of nitrogens with one attached hydrogen (secondary N) is 1. The standard InChI is InChI=1S/C12H16Cl3NO5S/c1-2-19-8(5-22)9-7(10(17)16-9)3-4-20-11(18)21-6-12(13,14)15/h5,7-9H,2-4,6H2,1H3,(H,16,17)/t7-,8?,9-/m1/s1. The number of thiocarbonyl (C=S) groups is 1. The van der Waals surface area contributed by atoms with Crippen molar-refractivity contribution in [3.63, 3.8) is 0 Å². The van der Waals surface area contributed by atoms with E-state index < -0.39 is 16.6 Å². The number of ether oxygens (including phenoxy) is 3. The average Bonchev–Trinajstić information content (AvgIpc) is 2.44. The van der Waals surface area contributed by atoms with E-state index in [0.717, 1.165) is 0 Å². The minimum Gasteiger partial charge on any atom is -0.434 e. The van der Waals surface area contributed by atoms with Gasteiger partial charge in [-0.05, 0) is 13.3 Å². The third-order valence-electron chi connectivity index (χ3n) is 2.93. The molecule has 1 rings (SSSR count). The lowest BCUT2D eigenvalue weighted by molar-refractivity contribution is -0.139. The number of hydrogen-bond donors (Lipinski definition) is 1. The predicted octanol–water partition coefficient (Wildman–Crippen LogP) is 2.42. The number of halogens is 3. The third-order valence-corrected chi connectivity index (χ3v) is 3.52. The molecule has 1 heterocycles. The monoisotopic (exact) mass is 391 g/mol. The lowest BCUT2D eigenvalue weighted by Gasteiger charge is -2.40. The summed E-state index contributed by atoms with van der Waals surface area (Å²) in [6, 6.07) is -0.217. The van der Waals surface area contributed by atoms with Crippen LogP contribution in [0.1, 0.15) is 13.3 Å². The molecule has 1 N–H and O–H groups in total. The summed E-state index contributed by atoms with van der Waals surface area (Å²) in [5.41, 5.74) is 0. The molecular formula is C12H16Cl3NO5S. The topological polar surface area (TPSA) is 73.9 Å². The van der Waals surface area contributed by atoms with Crippen molar-refractivity contribution in [1.29, 1.82) is 0 Å². The minimum absolute atomic E-state index is 0.00352. The Morgan fingerprint density at radius 1 is 1.45 bits per heavy atom. The number of rotatable bonds is 8. The van der Waals surface area contributed by atoms with Crippen LogP contribution in [0, 0.1) is 5.92 Å². The number of β-lactam (4-membered cyclic amide) rings is 1. The molecule has 0 saturated carbocycles. The van der Waals surface area contributed by atoms with Crippen LogP contribution in [-0.4, -0.2) is 53.2 Å². The summed E-state index contributed by atoms with van der Waals surface area (Å²) in [6.45, 7) is 1.91. The molecule has 0 aromatic carbocycles. The summed E-state index contributed by atoms with van der Waals surface area (Å²) in [4.78, 5) is 22.8. The Kier molecular flexibility index (Phi) is 8.13. The molecular weight excluding hydrogens is 377 g/mol. The Bertz CT molecular complexity index is 418. The van der Waals surface area contributed by atoms with Crippen LogP contribution < -0.4 is 5.32 Å². The minimum atomic E-state index is -1.69. The molecule has 6 nitrogen and oxygen atoms in total. The second-order valence-corrected chi connectivity index (χ2v) is 7.28. The molecule has 10 heteroatoms. The Morgan fingerprint density at radius 2 is 2.14 bits per heavy atom. The molecule has 1 saturated heterocycles. The van der Waals surface area contributed by atoms with Gasteiger partial charge in [0.15, 0.2) is 0 Å². The van der Waals surface area contributed by atoms with Gasteiger partial charge in [-0.25, -0.2) is 4.79 Å². The first-order valence-electron chi connectivity index (χ1n) is 6.52. The van der Waals surface area contributed by atoms with Gasteiger partial charge in [0.25, 0.3) is 0 Å². The van der Waals surface area contributed by atoms with Crippen LogP contribution in [0.5, 0.6) is 0 Å². The van der Waals surface area contributed by atoms with Crippen LogP contribution >= 0.6 is 47.0 Å². The number of hydrogen-bond acceptors (Lipinski definition) is 6. The fraction of sp³-hybridized carbons (Fsp3) is 0.750. The van der Waals surface area contributed by atoms with E-state index in [9.17, 15) is 9.59 Å². The fourth-order valence-corrected chi connectivity index (χ4v) is 2.34. The van der Waals surface area contributed by atoms with Crippen molar-refractivity contribution < 1.29 is 23.8 Å². The first-order chi connectivity index (χ1) is 10.3. The average molecular weight is 393 g/mol. The molecule has 1 aliphatic rings. The van der Waals surface area contributed by atoms with Gasteiger partial charge in [0.2, 0.25) is 9.70 Å². The maximum Gasteiger partial charge on any atom is 0.508 e. The first kappa shape index (κ1) is 19.7. The molecule has 126 valence electrons. The van der Waals surface area contributed by atoms with E-state index >= 15 is 0 Å². The van der Waals surface area contributed by atoms with Gasteiger partial charge < -0.3 is 19.5 Å². The highest BCUT2D eigenvalue weighted by molar-refractivity contribution is 7.79. The normalized spacial score (nSPS) is 22.3. The smallest absolute Gasteiger partial charge is 0.434 e. The summed E-state index contributed by atoms with van der Waals surface area (Å²) < 4.78 is 13.1. The maximum absolute atomic E-state index is 11.6. The highest BCUT2D eigenvalue weighted by atomic mass is 35.6. The SMILES string of the molecule is CCOC(C=S)[C@@H]1NC(=O)[C@@H]1CCOC(=O)OCC(Cl)(Cl)Cl. The lowest BCUT2D eigenvalue weighted by Crippen LogP contribution is -2.64. The molecule has 3 atom stereocenters. The van der Waals surface area contributed by atoms with Crippen molar-refractivity contribution in [2.75, 3.05) is 19.8 Å². The van der Waals surface area contributed by atoms with Crippen LogP contribution in [0.25, 0.3) is 0 Å². The van der Waals surface area contributed by atoms with E-state index in [0.29, 0.717) is 13.0 Å². The molecule has 1 fully saturated rings. The van der Waals surface area contributed by atoms with Crippen LogP contribution in [0.2, 0.25) is 0 Å². The Hall–Kier alpha value is -0.340. The van der Waals surface area contributed by atoms with Gasteiger partial charge in [0.05, 0.1) is 18.6 Å². The Balaban J connectivity index is 2.32. The van der Waals surface area contributed by atoms with E-state index in [-0.39, 0.29) is 30.6 Å². The quantitative estimate of drug-likeness (QED) is 0.296. The van der Waals surface area contributed by atoms with Crippen LogP contribution in [0.4, 0.5) is 4.79 Å². The van der Waals surface area contributed by atoms with Crippen molar-refractivity contribution in [2.45, 2.75) is 29.3 Å². The van der Waals surface area contributed by atoms with E-state index in [1.807, 2.05) is 6.92 Å². The summed E-state index contributed by atoms with van der Waals surface area (Å²) in [6.07, 6.45) is -0.982. The fourth-order valence-electron chi connectivity index (χ4n) is 1.93. The van der Waals surface area contributed by atoms with Crippen LogP contribution in [0.3, 0.4) is 0 Å². The number of carbonyl (C=O) groups is 2. The van der Waals surface area contributed by atoms with Crippen LogP contribution in [-0.2, 0) is 19.0 Å². The second kappa shape index (κ2) is 9.08. The molecule has 0 bridgehead atoms. The molecule has 1 unspecified atom stereocenters. The van der Waals surface area contributed by atoms with Gasteiger partial charge in [-0.1, -0.05) is 47.0 Å². The van der Waals surface area contributed by atoms with Gasteiger partial charge in [-0.2, -0.15) is 0 Å². The molecule has 0 spiro atoms. The summed E-state index contributed by atoms with van der Waals surface area (Å²) >= 11 is 21.2. The van der Waals surface area contributed by atoms with Gasteiger partial charge in [0, 0.05) is 12.0 Å². The molecule has 0 aromatic heterocycles. The molecule has 22 heavy (non-hydrogen) atoms. The summed E-state index contributed by atoms with van der Waals surface area (Å²) in [7, 11) is 0. The zero-order valence-electron chi connectivity index (χ0n) is 11.7. The van der Waals surface area contributed by atoms with Crippen molar-refractivity contribution in [2.24, 2.45) is 5.92 Å². The Morgan fingerprint density at radius 3 is 2.64 bits per heavy atom. The van der Waals surface area contributed by atoms with Crippen molar-refractivity contribution in [1.82, 2.24) is 5.32 Å². The zero-order valence-corrected chi connectivity index (χ0v) is 14.8. The van der Waals surface area contributed by atoms with E-state index in [4.69, 9.17) is 56.5 Å². The van der Waals surface area contributed by atoms with E-state index in [1.165, 1.54) is 5.37 Å². The highest BCUT2D eigenvalue weighted by Gasteiger charge is 2.43. The van der Waals surface area contributed by atoms with Gasteiger partial charge in [-0.15, -0.1) is 0 Å². The molecule has 0 aromatic rings. The lowest BCUT2D eigenvalue weighted by atomic mass is 9.84. The Labute approximate surface area is 148 Å². The van der Waals surface area contributed by atoms with Gasteiger partial charge in [-0.3, -0.25) is 4.79 Å². The molecule has 1 amide bonds. The second-order valence-electron chi connectivity index (χ2n) is 4.49. The molecule has 1 aliphatic heterocycles. The highest BCUT2D eigenvalue weighted by Crippen LogP contribution is 2.26. The number of alkyl halides is 3. The first-order valence-corrected chi connectivity index (χ1v) is 8.12. The number of amides is 1. The van der Waals surface area contributed by atoms with E-state index in [1.54, 1.807) is 0 Å². The number of carbonyl (C=O) groups excluding carboxylic acids is 2. The molecule has 0 radical (unpaired) electrons. The largest absolute Gasteiger partial charge is 0.508 e. The predicted molar refractivity (Wildman–Crippen MR) is 86.7 cm³/mol. The van der Waals surface area contributed by atoms with Crippen molar-refractivity contribution in [3.8, 4) is 0 Å². The summed E-state index contributed by atoms with van der Waals surface area (Å²) in [5, 5.41) is 4.19. The summed E-state index contributed by atoms with van der Waals surface area (Å²) in [5.74, 6) is -0.471.